The summed E-state index contributed by atoms with van der Waals surface area (Å²) < 4.78 is 8.39. The molecule has 44 valence electrons. The molecule has 0 aromatic carbocycles. The Bertz CT molecular complexity index is 19.3. The summed E-state index contributed by atoms with van der Waals surface area (Å²) in [5.74, 6) is 0. The van der Waals surface area contributed by atoms with Gasteiger partial charge in [0.15, 0.2) is 0 Å². The van der Waals surface area contributed by atoms with Crippen LogP contribution in [0.2, 0.25) is 0 Å². The maximum absolute atomic E-state index is 8.39. The van der Waals surface area contributed by atoms with E-state index in [9.17, 15) is 0 Å². The monoisotopic (exact) mass is 324 g/mol. The molecule has 7 heavy (non-hydrogen) atoms. The van der Waals surface area contributed by atoms with Crippen molar-refractivity contribution in [3.63, 3.8) is 0 Å². The molecule has 0 rings (SSSR count). The summed E-state index contributed by atoms with van der Waals surface area (Å²) in [5, 5.41) is 0. The zero-order valence-corrected chi connectivity index (χ0v) is 7.98. The Balaban J connectivity index is -0.0000000480. The van der Waals surface area contributed by atoms with Crippen molar-refractivity contribution in [1.82, 2.24) is 0 Å². The molecule has 0 aliphatic heterocycles. The van der Waals surface area contributed by atoms with Crippen LogP contribution >= 0.6 is 8.60 Å². The van der Waals surface area contributed by atoms with Gasteiger partial charge in [0, 0.05) is 0 Å². The van der Waals surface area contributed by atoms with Gasteiger partial charge < -0.3 is 20.2 Å². The zero-order valence-electron chi connectivity index (χ0n) is 3.20. The third-order valence-corrected chi connectivity index (χ3v) is 0. The maximum atomic E-state index is 8.39. The van der Waals surface area contributed by atoms with Crippen LogP contribution in [0.25, 0.3) is 0 Å². The van der Waals surface area contributed by atoms with Gasteiger partial charge in [0.1, 0.15) is 0 Å². The predicted molar refractivity (Wildman–Crippen MR) is 23.6 cm³/mol. The Labute approximate surface area is 57.5 Å². The van der Waals surface area contributed by atoms with Gasteiger partial charge in [0.25, 0.3) is 0 Å². The molecule has 5 N–H and O–H groups in total. The molecule has 0 aromatic heterocycles. The van der Waals surface area contributed by atoms with Gasteiger partial charge in [-0.3, -0.25) is 0 Å². The summed E-state index contributed by atoms with van der Waals surface area (Å²) in [6.45, 7) is 0. The normalized spacial score (nSPS) is 5.71. The second kappa shape index (κ2) is 15.8. The fourth-order valence-electron chi connectivity index (χ4n) is 0. The first-order chi connectivity index (χ1) is 2.73. The second-order valence-corrected chi connectivity index (χ2v) is 0.805. The van der Waals surface area contributed by atoms with E-state index in [2.05, 4.69) is 0 Å². The molecule has 0 aromatic rings. The summed E-state index contributed by atoms with van der Waals surface area (Å²) in [7, 11) is -2.62. The Hall–Kier alpha value is 0.992. The van der Waals surface area contributed by atoms with Crippen LogP contribution < -0.4 is 0 Å². The second-order valence-electron chi connectivity index (χ2n) is 0.268. The summed E-state index contributed by atoms with van der Waals surface area (Å²) >= 11 is 0.0556. The zero-order chi connectivity index (χ0) is 5.58. The van der Waals surface area contributed by atoms with E-state index >= 15 is 0 Å². The topological polar surface area (TPSA) is 109 Å². The van der Waals surface area contributed by atoms with E-state index in [-0.39, 0.29) is 31.3 Å². The van der Waals surface area contributed by atoms with Crippen LogP contribution in [0, 0.1) is 0 Å². The molecule has 0 bridgehead atoms. The van der Waals surface area contributed by atoms with Crippen LogP contribution in [-0.4, -0.2) is 45.9 Å². The van der Waals surface area contributed by atoms with Crippen LogP contribution in [0.3, 0.4) is 0 Å². The van der Waals surface area contributed by atoms with E-state index < -0.39 is 8.60 Å². The van der Waals surface area contributed by atoms with Crippen LogP contribution in [0.1, 0.15) is 0 Å². The van der Waals surface area contributed by atoms with Gasteiger partial charge in [0.2, 0.25) is 0 Å². The van der Waals surface area contributed by atoms with E-state index in [1.807, 2.05) is 0 Å². The molecule has 0 unspecified atom stereocenters. The van der Waals surface area contributed by atoms with Gasteiger partial charge in [0.05, 0.1) is 0 Å². The summed E-state index contributed by atoms with van der Waals surface area (Å²) in [4.78, 5) is 21.7. The quantitative estimate of drug-likeness (QED) is 0.349. The molecule has 0 spiro atoms. The fraction of sp³-hybridized carbons (Fsp3) is 0. The van der Waals surface area contributed by atoms with Crippen LogP contribution in [0.4, 0.5) is 0 Å². The minimum absolute atomic E-state index is 0. The Kier molecular flexibility index (Phi) is 35.3. The molecule has 0 saturated carbocycles. The molecule has 0 heterocycles. The van der Waals surface area contributed by atoms with Gasteiger partial charge >= 0.3 is 37.1 Å². The first-order valence-corrected chi connectivity index (χ1v) is 3.59. The number of hydrogen-bond donors (Lipinski definition) is 3. The Morgan fingerprint density at radius 1 is 1.14 bits per heavy atom. The summed E-state index contributed by atoms with van der Waals surface area (Å²) in [6, 6.07) is 0. The van der Waals surface area contributed by atoms with Crippen molar-refractivity contribution in [1.29, 1.82) is 0 Å². The average Bonchev–Trinajstić information content (AvgIpc) is 1.41. The molecule has 7 heteroatoms. The van der Waals surface area contributed by atoms with Crippen molar-refractivity contribution < 1.29 is 22.8 Å². The van der Waals surface area contributed by atoms with E-state index in [0.717, 1.165) is 0 Å². The fourth-order valence-corrected chi connectivity index (χ4v) is 0. The van der Waals surface area contributed by atoms with Crippen molar-refractivity contribution in [3.8, 4) is 0 Å². The third-order valence-electron chi connectivity index (χ3n) is 0. The van der Waals surface area contributed by atoms with Crippen molar-refractivity contribution in [2.24, 2.45) is 0 Å². The van der Waals surface area contributed by atoms with E-state index in [1.54, 1.807) is 0 Å². The molecule has 0 aliphatic carbocycles. The predicted octanol–water partition coefficient (Wildman–Crippen LogP) is -2.13. The first-order valence-electron chi connectivity index (χ1n) is 0.804. The summed E-state index contributed by atoms with van der Waals surface area (Å²) in [6.07, 6.45) is 0. The van der Waals surface area contributed by atoms with Crippen molar-refractivity contribution in [2.45, 2.75) is 0 Å². The van der Waals surface area contributed by atoms with Crippen LogP contribution in [-0.2, 0) is 2.69 Å². The van der Waals surface area contributed by atoms with Gasteiger partial charge in [-0.25, -0.2) is 0 Å². The molecule has 0 saturated heterocycles. The molecule has 0 aliphatic rings. The number of hydrogen-bond acceptors (Lipinski definition) is 4. The number of rotatable bonds is 0. The van der Waals surface area contributed by atoms with E-state index in [4.69, 9.17) is 17.4 Å². The van der Waals surface area contributed by atoms with Crippen molar-refractivity contribution in [2.75, 3.05) is 0 Å². The van der Waals surface area contributed by atoms with Crippen LogP contribution in [0.15, 0.2) is 0 Å². The molecular formula is H5O5PPb. The Morgan fingerprint density at radius 2 is 1.14 bits per heavy atom. The van der Waals surface area contributed by atoms with Gasteiger partial charge in [-0.05, 0) is 0 Å². The van der Waals surface area contributed by atoms with Gasteiger partial charge in [-0.15, -0.1) is 0 Å². The molecule has 2 radical (unpaired) electrons. The van der Waals surface area contributed by atoms with Gasteiger partial charge in [-0.2, -0.15) is 0 Å². The van der Waals surface area contributed by atoms with Crippen molar-refractivity contribution in [3.05, 3.63) is 0 Å². The Morgan fingerprint density at radius 3 is 1.14 bits per heavy atom. The SMILES string of the molecule is O.OP(O)O.[O]=[Pb]. The summed E-state index contributed by atoms with van der Waals surface area (Å²) in [5.41, 5.74) is 0. The van der Waals surface area contributed by atoms with E-state index in [0.29, 0.717) is 0 Å². The van der Waals surface area contributed by atoms with Gasteiger partial charge in [-0.1, -0.05) is 0 Å². The average molecular weight is 323 g/mol. The molecule has 0 atom stereocenters. The standard InChI is InChI=1S/H3O3P.H2O.O.Pb/c1-4(2)3;;;/h1-3H;1H2;;. The molecule has 0 amide bonds. The first kappa shape index (κ1) is 15.7. The third kappa shape index (κ3) is 177. The molecule has 5 nitrogen and oxygen atoms in total. The van der Waals surface area contributed by atoms with E-state index in [1.165, 1.54) is 0 Å². The van der Waals surface area contributed by atoms with Crippen LogP contribution in [0.5, 0.6) is 0 Å². The minimum atomic E-state index is -2.62. The molecule has 0 fully saturated rings. The van der Waals surface area contributed by atoms with Crippen molar-refractivity contribution >= 4 is 34.4 Å². The molecular weight excluding hydrogens is 318 g/mol.